The molecule has 0 aliphatic heterocycles. The Bertz CT molecular complexity index is 911. The Morgan fingerprint density at radius 1 is 0.828 bits per heavy atom. The van der Waals surface area contributed by atoms with Crippen LogP contribution in [0.5, 0.6) is 0 Å². The standard InChI is InChI=1S/C23H24N2O3S/c26-22(11-12-24-23(27)21-10-5-13-29-21)25-15-19-8-4-9-20(14-19)17-28-16-18-6-2-1-3-7-18/h1-10,13-14H,11-12,15-17H2,(H,24,27)(H,25,26). The van der Waals surface area contributed by atoms with Gasteiger partial charge in [0.1, 0.15) is 0 Å². The molecule has 150 valence electrons. The number of ether oxygens (including phenoxy) is 1. The maximum atomic E-state index is 12.0. The lowest BCUT2D eigenvalue weighted by molar-refractivity contribution is -0.121. The van der Waals surface area contributed by atoms with Crippen LogP contribution < -0.4 is 10.6 Å². The average molecular weight is 409 g/mol. The molecule has 0 radical (unpaired) electrons. The largest absolute Gasteiger partial charge is 0.372 e. The molecule has 0 spiro atoms. The van der Waals surface area contributed by atoms with Gasteiger partial charge in [-0.25, -0.2) is 0 Å². The Morgan fingerprint density at radius 2 is 1.59 bits per heavy atom. The first kappa shape index (κ1) is 20.8. The topological polar surface area (TPSA) is 67.4 Å². The van der Waals surface area contributed by atoms with Gasteiger partial charge in [-0.3, -0.25) is 9.59 Å². The van der Waals surface area contributed by atoms with Crippen molar-refractivity contribution in [2.24, 2.45) is 0 Å². The Morgan fingerprint density at radius 3 is 2.38 bits per heavy atom. The number of carbonyl (C=O) groups excluding carboxylic acids is 2. The molecule has 3 aromatic rings. The van der Waals surface area contributed by atoms with E-state index in [1.165, 1.54) is 11.3 Å². The maximum Gasteiger partial charge on any atom is 0.261 e. The minimum atomic E-state index is -0.143. The lowest BCUT2D eigenvalue weighted by Crippen LogP contribution is -2.30. The summed E-state index contributed by atoms with van der Waals surface area (Å²) >= 11 is 1.38. The van der Waals surface area contributed by atoms with Gasteiger partial charge >= 0.3 is 0 Å². The SMILES string of the molecule is O=C(CCNC(=O)c1cccs1)NCc1cccc(COCc2ccccc2)c1. The van der Waals surface area contributed by atoms with Crippen LogP contribution in [0.15, 0.2) is 72.1 Å². The van der Waals surface area contributed by atoms with Crippen molar-refractivity contribution in [1.82, 2.24) is 10.6 Å². The van der Waals surface area contributed by atoms with E-state index < -0.39 is 0 Å². The number of benzene rings is 2. The number of carbonyl (C=O) groups is 2. The first-order valence-corrected chi connectivity index (χ1v) is 10.4. The van der Waals surface area contributed by atoms with Crippen LogP contribution in [0.25, 0.3) is 0 Å². The van der Waals surface area contributed by atoms with Gasteiger partial charge in [0.25, 0.3) is 5.91 Å². The molecule has 29 heavy (non-hydrogen) atoms. The third-order valence-corrected chi connectivity index (χ3v) is 5.11. The molecule has 0 aliphatic carbocycles. The van der Waals surface area contributed by atoms with Gasteiger partial charge in [0.05, 0.1) is 18.1 Å². The predicted molar refractivity (Wildman–Crippen MR) is 114 cm³/mol. The first-order chi connectivity index (χ1) is 14.2. The van der Waals surface area contributed by atoms with Crippen molar-refractivity contribution in [3.63, 3.8) is 0 Å². The quantitative estimate of drug-likeness (QED) is 0.535. The van der Waals surface area contributed by atoms with Crippen molar-refractivity contribution in [3.05, 3.63) is 93.7 Å². The van der Waals surface area contributed by atoms with E-state index in [4.69, 9.17) is 4.74 Å². The van der Waals surface area contributed by atoms with Gasteiger partial charge in [-0.05, 0) is 28.1 Å². The third-order valence-electron chi connectivity index (χ3n) is 4.24. The number of rotatable bonds is 10. The van der Waals surface area contributed by atoms with Crippen LogP contribution in [-0.4, -0.2) is 18.4 Å². The molecule has 5 nitrogen and oxygen atoms in total. The summed E-state index contributed by atoms with van der Waals surface area (Å²) in [5.74, 6) is -0.238. The smallest absolute Gasteiger partial charge is 0.261 e. The van der Waals surface area contributed by atoms with Gasteiger partial charge in [0, 0.05) is 19.5 Å². The summed E-state index contributed by atoms with van der Waals surface area (Å²) < 4.78 is 5.77. The highest BCUT2D eigenvalue weighted by molar-refractivity contribution is 7.12. The highest BCUT2D eigenvalue weighted by Crippen LogP contribution is 2.09. The van der Waals surface area contributed by atoms with Crippen molar-refractivity contribution < 1.29 is 14.3 Å². The molecule has 0 atom stereocenters. The highest BCUT2D eigenvalue weighted by Gasteiger charge is 2.07. The minimum absolute atomic E-state index is 0.0952. The van der Waals surface area contributed by atoms with E-state index in [9.17, 15) is 9.59 Å². The summed E-state index contributed by atoms with van der Waals surface area (Å²) in [4.78, 5) is 24.5. The van der Waals surface area contributed by atoms with Crippen molar-refractivity contribution >= 4 is 23.2 Å². The molecule has 1 aromatic heterocycles. The second-order valence-electron chi connectivity index (χ2n) is 6.56. The van der Waals surface area contributed by atoms with Gasteiger partial charge < -0.3 is 15.4 Å². The zero-order valence-electron chi connectivity index (χ0n) is 16.1. The molecule has 2 aromatic carbocycles. The molecular weight excluding hydrogens is 384 g/mol. The van der Waals surface area contributed by atoms with E-state index in [-0.39, 0.29) is 18.2 Å². The van der Waals surface area contributed by atoms with E-state index >= 15 is 0 Å². The van der Waals surface area contributed by atoms with Crippen molar-refractivity contribution in [2.75, 3.05) is 6.54 Å². The lowest BCUT2D eigenvalue weighted by atomic mass is 10.1. The highest BCUT2D eigenvalue weighted by atomic mass is 32.1. The summed E-state index contributed by atoms with van der Waals surface area (Å²) in [7, 11) is 0. The third kappa shape index (κ3) is 7.18. The number of thiophene rings is 1. The minimum Gasteiger partial charge on any atom is -0.372 e. The lowest BCUT2D eigenvalue weighted by Gasteiger charge is -2.09. The van der Waals surface area contributed by atoms with Gasteiger partial charge in [-0.15, -0.1) is 11.3 Å². The van der Waals surface area contributed by atoms with Gasteiger partial charge in [0.15, 0.2) is 0 Å². The Balaban J connectivity index is 1.36. The summed E-state index contributed by atoms with van der Waals surface area (Å²) in [5, 5.41) is 7.49. The predicted octanol–water partition coefficient (Wildman–Crippen LogP) is 3.90. The molecule has 0 unspecified atom stereocenters. The monoisotopic (exact) mass is 408 g/mol. The summed E-state index contributed by atoms with van der Waals surface area (Å²) in [6.45, 7) is 1.85. The van der Waals surface area contributed by atoms with Crippen LogP contribution in [0, 0.1) is 0 Å². The molecule has 0 aliphatic rings. The molecule has 3 rings (SSSR count). The summed E-state index contributed by atoms with van der Waals surface area (Å²) in [6, 6.07) is 21.6. The molecule has 2 N–H and O–H groups in total. The number of nitrogens with one attached hydrogen (secondary N) is 2. The fraction of sp³-hybridized carbons (Fsp3) is 0.217. The van der Waals surface area contributed by atoms with Crippen molar-refractivity contribution in [3.8, 4) is 0 Å². The summed E-state index contributed by atoms with van der Waals surface area (Å²) in [6.07, 6.45) is 0.247. The van der Waals surface area contributed by atoms with Crippen molar-refractivity contribution in [1.29, 1.82) is 0 Å². The number of amides is 2. The molecule has 2 amide bonds. The van der Waals surface area contributed by atoms with Gasteiger partial charge in [-0.1, -0.05) is 60.7 Å². The molecule has 0 fully saturated rings. The maximum absolute atomic E-state index is 12.0. The van der Waals surface area contributed by atoms with Crippen LogP contribution >= 0.6 is 11.3 Å². The van der Waals surface area contributed by atoms with E-state index in [1.807, 2.05) is 66.0 Å². The van der Waals surface area contributed by atoms with E-state index in [2.05, 4.69) is 10.6 Å². The van der Waals surface area contributed by atoms with Gasteiger partial charge in [0.2, 0.25) is 5.91 Å². The molecule has 1 heterocycles. The fourth-order valence-electron chi connectivity index (χ4n) is 2.76. The van der Waals surface area contributed by atoms with Crippen LogP contribution in [0.3, 0.4) is 0 Å². The Kier molecular flexibility index (Phi) is 7.98. The number of hydrogen-bond acceptors (Lipinski definition) is 4. The molecular formula is C23H24N2O3S. The van der Waals surface area contributed by atoms with E-state index in [0.717, 1.165) is 16.7 Å². The molecule has 0 saturated carbocycles. The number of hydrogen-bond donors (Lipinski definition) is 2. The summed E-state index contributed by atoms with van der Waals surface area (Å²) in [5.41, 5.74) is 3.22. The normalized spacial score (nSPS) is 10.5. The first-order valence-electron chi connectivity index (χ1n) is 9.48. The van der Waals surface area contributed by atoms with Gasteiger partial charge in [-0.2, -0.15) is 0 Å². The van der Waals surface area contributed by atoms with Crippen LogP contribution in [0.2, 0.25) is 0 Å². The average Bonchev–Trinajstić information content (AvgIpc) is 3.28. The molecule has 0 bridgehead atoms. The van der Waals surface area contributed by atoms with Crippen LogP contribution in [0.4, 0.5) is 0 Å². The van der Waals surface area contributed by atoms with E-state index in [0.29, 0.717) is 31.2 Å². The zero-order valence-corrected chi connectivity index (χ0v) is 16.9. The van der Waals surface area contributed by atoms with Crippen LogP contribution in [-0.2, 0) is 29.3 Å². The van der Waals surface area contributed by atoms with Crippen LogP contribution in [0.1, 0.15) is 32.8 Å². The molecule has 6 heteroatoms. The zero-order chi connectivity index (χ0) is 20.3. The van der Waals surface area contributed by atoms with E-state index in [1.54, 1.807) is 6.07 Å². The second kappa shape index (κ2) is 11.1. The second-order valence-corrected chi connectivity index (χ2v) is 7.51. The Hall–Kier alpha value is -2.96. The van der Waals surface area contributed by atoms with Crippen molar-refractivity contribution in [2.45, 2.75) is 26.2 Å². The Labute approximate surface area is 174 Å². The molecule has 0 saturated heterocycles. The fourth-order valence-corrected chi connectivity index (χ4v) is 3.40.